The Hall–Kier alpha value is -4.18. The van der Waals surface area contributed by atoms with E-state index < -0.39 is 22.8 Å². The van der Waals surface area contributed by atoms with E-state index in [-0.39, 0.29) is 18.8 Å². The Kier molecular flexibility index (Phi) is 5.71. The molecule has 4 aromatic carbocycles. The fourth-order valence-electron chi connectivity index (χ4n) is 7.65. The van der Waals surface area contributed by atoms with Crippen LogP contribution in [0.1, 0.15) is 54.9 Å². The summed E-state index contributed by atoms with van der Waals surface area (Å²) in [5.41, 5.74) is 7.82. The van der Waals surface area contributed by atoms with Crippen LogP contribution in [0, 0.1) is 5.92 Å². The van der Waals surface area contributed by atoms with Crippen LogP contribution in [-0.2, 0) is 20.4 Å². The minimum absolute atomic E-state index is 0.0192. The number of carboxylic acid groups (broad SMARTS) is 2. The molecule has 4 heteroatoms. The van der Waals surface area contributed by atoms with Crippen molar-refractivity contribution in [2.24, 2.45) is 5.92 Å². The number of carboxylic acids is 2. The van der Waals surface area contributed by atoms with Gasteiger partial charge in [-0.05, 0) is 63.3 Å². The summed E-state index contributed by atoms with van der Waals surface area (Å²) in [7, 11) is 0. The first-order chi connectivity index (χ1) is 18.4. The van der Waals surface area contributed by atoms with Gasteiger partial charge in [-0.3, -0.25) is 9.59 Å². The molecule has 0 spiro atoms. The molecule has 0 atom stereocenters. The molecule has 0 unspecified atom stereocenters. The van der Waals surface area contributed by atoms with Gasteiger partial charge in [0.1, 0.15) is 0 Å². The summed E-state index contributed by atoms with van der Waals surface area (Å²) in [4.78, 5) is 24.2. The Morgan fingerprint density at radius 3 is 1.08 bits per heavy atom. The topological polar surface area (TPSA) is 74.6 Å². The Bertz CT molecular complexity index is 1360. The van der Waals surface area contributed by atoms with Crippen molar-refractivity contribution in [3.8, 4) is 22.3 Å². The van der Waals surface area contributed by atoms with E-state index in [1.807, 2.05) is 48.5 Å². The van der Waals surface area contributed by atoms with Crippen LogP contribution >= 0.6 is 0 Å². The predicted octanol–water partition coefficient (Wildman–Crippen LogP) is 7.29. The summed E-state index contributed by atoms with van der Waals surface area (Å²) in [6, 6.07) is 33.4. The number of benzene rings is 4. The van der Waals surface area contributed by atoms with Gasteiger partial charge in [0.25, 0.3) is 0 Å². The van der Waals surface area contributed by atoms with Gasteiger partial charge in [-0.25, -0.2) is 0 Å². The molecule has 2 N–H and O–H groups in total. The van der Waals surface area contributed by atoms with Gasteiger partial charge in [-0.15, -0.1) is 0 Å². The zero-order valence-corrected chi connectivity index (χ0v) is 21.4. The Balaban J connectivity index is 1.69. The van der Waals surface area contributed by atoms with Gasteiger partial charge in [0.2, 0.25) is 0 Å². The summed E-state index contributed by atoms with van der Waals surface area (Å²) >= 11 is 0. The van der Waals surface area contributed by atoms with E-state index in [1.165, 1.54) is 0 Å². The van der Waals surface area contributed by atoms with Crippen LogP contribution in [0.4, 0.5) is 0 Å². The molecule has 0 radical (unpaired) electrons. The lowest BCUT2D eigenvalue weighted by atomic mass is 9.53. The van der Waals surface area contributed by atoms with Crippen molar-refractivity contribution in [3.05, 3.63) is 119 Å². The van der Waals surface area contributed by atoms with Crippen molar-refractivity contribution >= 4 is 11.9 Å². The van der Waals surface area contributed by atoms with E-state index in [1.54, 1.807) is 0 Å². The van der Waals surface area contributed by atoms with E-state index in [0.717, 1.165) is 44.5 Å². The van der Waals surface area contributed by atoms with Crippen molar-refractivity contribution < 1.29 is 19.8 Å². The molecule has 0 saturated carbocycles. The Morgan fingerprint density at radius 2 is 0.816 bits per heavy atom. The molecule has 0 bridgehead atoms. The highest BCUT2D eigenvalue weighted by Crippen LogP contribution is 2.64. The third-order valence-electron chi connectivity index (χ3n) is 9.16. The molecule has 4 aromatic rings. The fourth-order valence-corrected chi connectivity index (χ4v) is 7.65. The molecule has 0 saturated heterocycles. The zero-order chi connectivity index (χ0) is 26.5. The van der Waals surface area contributed by atoms with Gasteiger partial charge in [-0.2, -0.15) is 0 Å². The van der Waals surface area contributed by atoms with E-state index in [2.05, 4.69) is 55.5 Å². The number of fused-ring (bicyclic) bond motifs is 6. The normalized spacial score (nSPS) is 15.4. The standard InChI is InChI=1S/C34H30O4/c1-22(33(20-18-31(35)36)27-14-6-2-10-23(27)24-11-3-7-15-28(24)33)34(21-19-32(37)38)29-16-8-4-12-25(29)26-13-5-9-17-30(26)34/h2-17,22H,18-21H2,1H3,(H,35,36)(H,37,38). The Morgan fingerprint density at radius 1 is 0.553 bits per heavy atom. The summed E-state index contributed by atoms with van der Waals surface area (Å²) in [5, 5.41) is 19.8. The molecule has 38 heavy (non-hydrogen) atoms. The van der Waals surface area contributed by atoms with Crippen molar-refractivity contribution in [2.45, 2.75) is 43.4 Å². The van der Waals surface area contributed by atoms with Crippen molar-refractivity contribution in [2.75, 3.05) is 0 Å². The molecule has 0 aliphatic heterocycles. The highest BCUT2D eigenvalue weighted by molar-refractivity contribution is 5.85. The van der Waals surface area contributed by atoms with Gasteiger partial charge < -0.3 is 10.2 Å². The molecule has 6 rings (SSSR count). The SMILES string of the molecule is CC(C1(CCC(=O)O)c2ccccc2-c2ccccc21)C1(CCC(=O)O)c2ccccc2-c2ccccc21. The summed E-state index contributed by atoms with van der Waals surface area (Å²) < 4.78 is 0. The number of carbonyl (C=O) groups is 2. The molecule has 0 amide bonds. The maximum atomic E-state index is 12.1. The Labute approximate surface area is 222 Å². The molecular weight excluding hydrogens is 472 g/mol. The third kappa shape index (κ3) is 3.29. The maximum absolute atomic E-state index is 12.1. The van der Waals surface area contributed by atoms with Crippen LogP contribution in [0.25, 0.3) is 22.3 Å². The van der Waals surface area contributed by atoms with Gasteiger partial charge in [-0.1, -0.05) is 104 Å². The van der Waals surface area contributed by atoms with Gasteiger partial charge in [0.05, 0.1) is 0 Å². The summed E-state index contributed by atoms with van der Waals surface area (Å²) in [5.74, 6) is -1.79. The number of aliphatic carboxylic acids is 2. The maximum Gasteiger partial charge on any atom is 0.303 e. The van der Waals surface area contributed by atoms with E-state index >= 15 is 0 Å². The lowest BCUT2D eigenvalue weighted by molar-refractivity contribution is -0.138. The smallest absolute Gasteiger partial charge is 0.303 e. The quantitative estimate of drug-likeness (QED) is 0.265. The molecule has 0 aromatic heterocycles. The summed E-state index contributed by atoms with van der Waals surface area (Å²) in [6.45, 7) is 2.22. The molecule has 190 valence electrons. The minimum atomic E-state index is -0.828. The monoisotopic (exact) mass is 502 g/mol. The van der Waals surface area contributed by atoms with E-state index in [9.17, 15) is 19.8 Å². The molecule has 2 aliphatic carbocycles. The first kappa shape index (κ1) is 24.2. The van der Waals surface area contributed by atoms with Crippen molar-refractivity contribution in [3.63, 3.8) is 0 Å². The second-order valence-electron chi connectivity index (χ2n) is 10.6. The van der Waals surface area contributed by atoms with Crippen LogP contribution in [0.5, 0.6) is 0 Å². The van der Waals surface area contributed by atoms with Crippen molar-refractivity contribution in [1.29, 1.82) is 0 Å². The number of hydrogen-bond donors (Lipinski definition) is 2. The largest absolute Gasteiger partial charge is 0.481 e. The lowest BCUT2D eigenvalue weighted by Crippen LogP contribution is -2.47. The van der Waals surface area contributed by atoms with Crippen LogP contribution in [0.3, 0.4) is 0 Å². The first-order valence-corrected chi connectivity index (χ1v) is 13.2. The molecule has 2 aliphatic rings. The zero-order valence-electron chi connectivity index (χ0n) is 21.4. The van der Waals surface area contributed by atoms with Crippen LogP contribution in [-0.4, -0.2) is 22.2 Å². The molecule has 4 nitrogen and oxygen atoms in total. The number of hydrogen-bond acceptors (Lipinski definition) is 2. The predicted molar refractivity (Wildman–Crippen MR) is 148 cm³/mol. The summed E-state index contributed by atoms with van der Waals surface area (Å²) in [6.07, 6.45) is 0.893. The van der Waals surface area contributed by atoms with Gasteiger partial charge in [0, 0.05) is 23.7 Å². The highest BCUT2D eigenvalue weighted by Gasteiger charge is 2.57. The third-order valence-corrected chi connectivity index (χ3v) is 9.16. The van der Waals surface area contributed by atoms with Crippen molar-refractivity contribution in [1.82, 2.24) is 0 Å². The molecular formula is C34H30O4. The second kappa shape index (κ2) is 8.98. The highest BCUT2D eigenvalue weighted by atomic mass is 16.4. The van der Waals surface area contributed by atoms with E-state index in [4.69, 9.17) is 0 Å². The van der Waals surface area contributed by atoms with Gasteiger partial charge >= 0.3 is 11.9 Å². The molecule has 0 heterocycles. The molecule has 0 fully saturated rings. The minimum Gasteiger partial charge on any atom is -0.481 e. The van der Waals surface area contributed by atoms with Crippen LogP contribution < -0.4 is 0 Å². The first-order valence-electron chi connectivity index (χ1n) is 13.2. The fraction of sp³-hybridized carbons (Fsp3) is 0.235. The average Bonchev–Trinajstić information content (AvgIpc) is 3.39. The van der Waals surface area contributed by atoms with Crippen LogP contribution in [0.15, 0.2) is 97.1 Å². The second-order valence-corrected chi connectivity index (χ2v) is 10.6. The van der Waals surface area contributed by atoms with Gasteiger partial charge in [0.15, 0.2) is 0 Å². The lowest BCUT2D eigenvalue weighted by Gasteiger charge is -2.49. The van der Waals surface area contributed by atoms with E-state index in [0.29, 0.717) is 12.8 Å². The number of rotatable bonds is 8. The average molecular weight is 503 g/mol. The van der Waals surface area contributed by atoms with Crippen LogP contribution in [0.2, 0.25) is 0 Å².